The van der Waals surface area contributed by atoms with Crippen molar-refractivity contribution in [2.45, 2.75) is 25.9 Å². The second kappa shape index (κ2) is 5.25. The molecule has 1 aromatic heterocycles. The van der Waals surface area contributed by atoms with E-state index >= 15 is 0 Å². The molecule has 1 heterocycles. The predicted molar refractivity (Wildman–Crippen MR) is 82.6 cm³/mol. The second-order valence-electron chi connectivity index (χ2n) is 5.12. The first-order valence-electron chi connectivity index (χ1n) is 7.08. The average molecular weight is 270 g/mol. The SMILES string of the molecule is CCn1c2ccccc2c2cc([C@@H](N)CCF)ccc21. The van der Waals surface area contributed by atoms with Crippen molar-refractivity contribution in [3.63, 3.8) is 0 Å². The Hall–Kier alpha value is -1.87. The van der Waals surface area contributed by atoms with Crippen LogP contribution in [0.1, 0.15) is 24.9 Å². The lowest BCUT2D eigenvalue weighted by atomic mass is 10.0. The van der Waals surface area contributed by atoms with Gasteiger partial charge in [-0.15, -0.1) is 0 Å². The molecule has 104 valence electrons. The largest absolute Gasteiger partial charge is 0.341 e. The van der Waals surface area contributed by atoms with Crippen molar-refractivity contribution in [1.82, 2.24) is 4.57 Å². The minimum Gasteiger partial charge on any atom is -0.341 e. The van der Waals surface area contributed by atoms with Gasteiger partial charge in [-0.25, -0.2) is 0 Å². The average Bonchev–Trinajstić information content (AvgIpc) is 2.80. The molecule has 0 aliphatic carbocycles. The molecule has 1 atom stereocenters. The summed E-state index contributed by atoms with van der Waals surface area (Å²) < 4.78 is 14.8. The summed E-state index contributed by atoms with van der Waals surface area (Å²) >= 11 is 0. The molecule has 20 heavy (non-hydrogen) atoms. The van der Waals surface area contributed by atoms with E-state index in [0.29, 0.717) is 6.42 Å². The van der Waals surface area contributed by atoms with Gasteiger partial charge >= 0.3 is 0 Å². The standard InChI is InChI=1S/C17H19FN2/c1-2-20-16-6-4-3-5-13(16)14-11-12(7-8-17(14)20)15(19)9-10-18/h3-8,11,15H,2,9-10,19H2,1H3/t15-/m0/s1. The minimum absolute atomic E-state index is 0.229. The molecule has 2 N–H and O–H groups in total. The lowest BCUT2D eigenvalue weighted by molar-refractivity contribution is 0.442. The molecule has 0 aliphatic heterocycles. The van der Waals surface area contributed by atoms with Crippen molar-refractivity contribution in [2.75, 3.05) is 6.67 Å². The molecule has 0 amide bonds. The van der Waals surface area contributed by atoms with Crippen molar-refractivity contribution < 1.29 is 4.39 Å². The van der Waals surface area contributed by atoms with Crippen LogP contribution in [0.5, 0.6) is 0 Å². The molecule has 3 heteroatoms. The number of alkyl halides is 1. The number of fused-ring (bicyclic) bond motifs is 3. The van der Waals surface area contributed by atoms with E-state index in [0.717, 1.165) is 12.1 Å². The summed E-state index contributed by atoms with van der Waals surface area (Å²) in [5.41, 5.74) is 9.49. The van der Waals surface area contributed by atoms with Crippen LogP contribution in [0.2, 0.25) is 0 Å². The van der Waals surface area contributed by atoms with Crippen LogP contribution in [0.15, 0.2) is 42.5 Å². The van der Waals surface area contributed by atoms with Gasteiger partial charge in [-0.05, 0) is 37.1 Å². The monoisotopic (exact) mass is 270 g/mol. The Kier molecular flexibility index (Phi) is 3.45. The molecule has 3 aromatic rings. The van der Waals surface area contributed by atoms with Gasteiger partial charge in [0.05, 0.1) is 6.67 Å². The topological polar surface area (TPSA) is 30.9 Å². The zero-order valence-electron chi connectivity index (χ0n) is 11.6. The number of benzene rings is 2. The molecule has 0 fully saturated rings. The summed E-state index contributed by atoms with van der Waals surface area (Å²) in [6.45, 7) is 2.70. The van der Waals surface area contributed by atoms with Gasteiger partial charge in [-0.3, -0.25) is 4.39 Å². The fourth-order valence-electron chi connectivity index (χ4n) is 2.93. The Labute approximate surface area is 118 Å². The fourth-order valence-corrected chi connectivity index (χ4v) is 2.93. The molecule has 0 bridgehead atoms. The molecule has 0 saturated heterocycles. The Morgan fingerprint density at radius 2 is 1.85 bits per heavy atom. The van der Waals surface area contributed by atoms with Crippen LogP contribution in [-0.4, -0.2) is 11.2 Å². The second-order valence-corrected chi connectivity index (χ2v) is 5.12. The molecular formula is C17H19FN2. The zero-order chi connectivity index (χ0) is 14.1. The highest BCUT2D eigenvalue weighted by atomic mass is 19.1. The third-order valence-corrected chi connectivity index (χ3v) is 3.96. The van der Waals surface area contributed by atoms with Gasteiger partial charge in [0, 0.05) is 34.4 Å². The van der Waals surface area contributed by atoms with E-state index in [2.05, 4.69) is 47.9 Å². The fraction of sp³-hybridized carbons (Fsp3) is 0.294. The van der Waals surface area contributed by atoms with Crippen LogP contribution in [-0.2, 0) is 6.54 Å². The lowest BCUT2D eigenvalue weighted by Gasteiger charge is -2.10. The summed E-state index contributed by atoms with van der Waals surface area (Å²) in [5, 5.41) is 2.44. The van der Waals surface area contributed by atoms with Crippen molar-refractivity contribution >= 4 is 21.8 Å². The first-order chi connectivity index (χ1) is 9.76. The Morgan fingerprint density at radius 3 is 2.60 bits per heavy atom. The van der Waals surface area contributed by atoms with Crippen molar-refractivity contribution in [3.8, 4) is 0 Å². The molecule has 2 aromatic carbocycles. The van der Waals surface area contributed by atoms with Gasteiger partial charge in [-0.1, -0.05) is 24.3 Å². The number of halogens is 1. The number of nitrogens with zero attached hydrogens (tertiary/aromatic N) is 1. The number of hydrogen-bond donors (Lipinski definition) is 1. The first-order valence-corrected chi connectivity index (χ1v) is 7.08. The molecule has 0 unspecified atom stereocenters. The molecule has 0 spiro atoms. The normalized spacial score (nSPS) is 13.2. The summed E-state index contributed by atoms with van der Waals surface area (Å²) in [7, 11) is 0. The Morgan fingerprint density at radius 1 is 1.10 bits per heavy atom. The van der Waals surface area contributed by atoms with Gasteiger partial charge in [0.25, 0.3) is 0 Å². The van der Waals surface area contributed by atoms with E-state index in [1.54, 1.807) is 0 Å². The predicted octanol–water partition coefficient (Wildman–Crippen LogP) is 4.17. The maximum Gasteiger partial charge on any atom is 0.0912 e. The van der Waals surface area contributed by atoms with Crippen LogP contribution in [0.4, 0.5) is 4.39 Å². The highest BCUT2D eigenvalue weighted by Crippen LogP contribution is 2.31. The maximum absolute atomic E-state index is 12.5. The third-order valence-electron chi connectivity index (χ3n) is 3.96. The highest BCUT2D eigenvalue weighted by molar-refractivity contribution is 6.08. The van der Waals surface area contributed by atoms with Crippen molar-refractivity contribution in [2.24, 2.45) is 5.73 Å². The summed E-state index contributed by atoms with van der Waals surface area (Å²) in [5.74, 6) is 0. The maximum atomic E-state index is 12.5. The number of nitrogens with two attached hydrogens (primary N) is 1. The van der Waals surface area contributed by atoms with Crippen LogP contribution in [0, 0.1) is 0 Å². The van der Waals surface area contributed by atoms with Gasteiger partial charge < -0.3 is 10.3 Å². The van der Waals surface area contributed by atoms with Crippen LogP contribution >= 0.6 is 0 Å². The van der Waals surface area contributed by atoms with E-state index in [4.69, 9.17) is 5.73 Å². The highest BCUT2D eigenvalue weighted by Gasteiger charge is 2.12. The Bertz CT molecular complexity index is 745. The van der Waals surface area contributed by atoms with Crippen LogP contribution < -0.4 is 5.73 Å². The van der Waals surface area contributed by atoms with Gasteiger partial charge in [-0.2, -0.15) is 0 Å². The molecular weight excluding hydrogens is 251 g/mol. The summed E-state index contributed by atoms with van der Waals surface area (Å²) in [6.07, 6.45) is 0.373. The quantitative estimate of drug-likeness (QED) is 0.757. The smallest absolute Gasteiger partial charge is 0.0912 e. The number of rotatable bonds is 4. The minimum atomic E-state index is -0.379. The number of hydrogen-bond acceptors (Lipinski definition) is 1. The Balaban J connectivity index is 2.26. The van der Waals surface area contributed by atoms with E-state index < -0.39 is 0 Å². The zero-order valence-corrected chi connectivity index (χ0v) is 11.6. The number of para-hydroxylation sites is 1. The van der Waals surface area contributed by atoms with E-state index in [-0.39, 0.29) is 12.7 Å². The van der Waals surface area contributed by atoms with Crippen LogP contribution in [0.3, 0.4) is 0 Å². The molecule has 3 rings (SSSR count). The van der Waals surface area contributed by atoms with Gasteiger partial charge in [0.1, 0.15) is 0 Å². The van der Waals surface area contributed by atoms with E-state index in [1.807, 2.05) is 6.07 Å². The van der Waals surface area contributed by atoms with Crippen molar-refractivity contribution in [1.29, 1.82) is 0 Å². The molecule has 2 nitrogen and oxygen atoms in total. The van der Waals surface area contributed by atoms with E-state index in [1.165, 1.54) is 21.8 Å². The van der Waals surface area contributed by atoms with E-state index in [9.17, 15) is 4.39 Å². The molecule has 0 aliphatic rings. The molecule has 0 radical (unpaired) electrons. The summed E-state index contributed by atoms with van der Waals surface area (Å²) in [4.78, 5) is 0. The number of aromatic nitrogens is 1. The lowest BCUT2D eigenvalue weighted by Crippen LogP contribution is -2.10. The molecule has 0 saturated carbocycles. The van der Waals surface area contributed by atoms with Gasteiger partial charge in [0.15, 0.2) is 0 Å². The third kappa shape index (κ3) is 1.98. The van der Waals surface area contributed by atoms with Gasteiger partial charge in [0.2, 0.25) is 0 Å². The van der Waals surface area contributed by atoms with Crippen LogP contribution in [0.25, 0.3) is 21.8 Å². The summed E-state index contributed by atoms with van der Waals surface area (Å²) in [6, 6.07) is 14.4. The first kappa shape index (κ1) is 13.1. The number of aryl methyl sites for hydroxylation is 1. The van der Waals surface area contributed by atoms with Crippen molar-refractivity contribution in [3.05, 3.63) is 48.0 Å².